The van der Waals surface area contributed by atoms with Gasteiger partial charge in [-0.05, 0) is 65.6 Å². The van der Waals surface area contributed by atoms with Crippen LogP contribution in [-0.4, -0.2) is 6.54 Å². The summed E-state index contributed by atoms with van der Waals surface area (Å²) in [6.45, 7) is 3.32. The van der Waals surface area contributed by atoms with Gasteiger partial charge < -0.3 is 5.32 Å². The molecule has 1 aliphatic carbocycles. The van der Waals surface area contributed by atoms with E-state index < -0.39 is 0 Å². The molecule has 0 atom stereocenters. The van der Waals surface area contributed by atoms with E-state index in [1.54, 1.807) is 0 Å². The Bertz CT molecular complexity index is 356. The first-order valence-corrected chi connectivity index (χ1v) is 7.83. The molecule has 1 fully saturated rings. The molecule has 0 aliphatic heterocycles. The maximum atomic E-state index is 3.58. The molecule has 0 radical (unpaired) electrons. The van der Waals surface area contributed by atoms with Crippen molar-refractivity contribution in [2.24, 2.45) is 5.92 Å². The van der Waals surface area contributed by atoms with Gasteiger partial charge in [-0.25, -0.2) is 0 Å². The van der Waals surface area contributed by atoms with Gasteiger partial charge in [0.05, 0.1) is 0 Å². The van der Waals surface area contributed by atoms with E-state index >= 15 is 0 Å². The lowest BCUT2D eigenvalue weighted by Crippen LogP contribution is -2.12. The predicted octanol–water partition coefficient (Wildman–Crippen LogP) is 4.98. The molecule has 2 heteroatoms. The third-order valence-electron chi connectivity index (χ3n) is 3.78. The average molecular weight is 343 g/mol. The first-order valence-electron chi connectivity index (χ1n) is 6.76. The maximum absolute atomic E-state index is 3.58. The molecule has 1 saturated carbocycles. The Morgan fingerprint density at radius 2 is 2.00 bits per heavy atom. The lowest BCUT2D eigenvalue weighted by Gasteiger charge is -2.22. The van der Waals surface area contributed by atoms with Crippen LogP contribution in [-0.2, 0) is 0 Å². The summed E-state index contributed by atoms with van der Waals surface area (Å²) in [6.07, 6.45) is 8.60. The topological polar surface area (TPSA) is 12.0 Å². The Kier molecular flexibility index (Phi) is 5.14. The number of halogens is 1. The lowest BCUT2D eigenvalue weighted by molar-refractivity contribution is 0.345. The van der Waals surface area contributed by atoms with Crippen LogP contribution < -0.4 is 5.32 Å². The largest absolute Gasteiger partial charge is 0.385 e. The van der Waals surface area contributed by atoms with Gasteiger partial charge in [0.2, 0.25) is 0 Å². The Balaban J connectivity index is 1.77. The Labute approximate surface area is 119 Å². The molecule has 2 rings (SSSR count). The average Bonchev–Trinajstić information content (AvgIpc) is 2.33. The van der Waals surface area contributed by atoms with Crippen molar-refractivity contribution in [3.05, 3.63) is 27.3 Å². The minimum Gasteiger partial charge on any atom is -0.385 e. The van der Waals surface area contributed by atoms with E-state index in [0.717, 1.165) is 12.5 Å². The van der Waals surface area contributed by atoms with Crippen LogP contribution in [0.1, 0.15) is 44.1 Å². The number of hydrogen-bond donors (Lipinski definition) is 1. The zero-order valence-electron chi connectivity index (χ0n) is 10.6. The van der Waals surface area contributed by atoms with Gasteiger partial charge >= 0.3 is 0 Å². The van der Waals surface area contributed by atoms with Crippen LogP contribution in [0, 0.1) is 16.4 Å². The molecule has 0 bridgehead atoms. The summed E-state index contributed by atoms with van der Waals surface area (Å²) in [5.41, 5.74) is 2.67. The van der Waals surface area contributed by atoms with E-state index in [4.69, 9.17) is 0 Å². The first-order chi connectivity index (χ1) is 8.25. The third kappa shape index (κ3) is 4.16. The molecular weight excluding hydrogens is 321 g/mol. The zero-order chi connectivity index (χ0) is 12.1. The number of rotatable bonds is 4. The van der Waals surface area contributed by atoms with Crippen LogP contribution in [0.15, 0.2) is 18.2 Å². The highest BCUT2D eigenvalue weighted by atomic mass is 127. The van der Waals surface area contributed by atoms with E-state index in [-0.39, 0.29) is 0 Å². The molecule has 1 aromatic carbocycles. The molecular formula is C15H22IN. The van der Waals surface area contributed by atoms with Crippen LogP contribution >= 0.6 is 22.6 Å². The highest BCUT2D eigenvalue weighted by Crippen LogP contribution is 2.26. The second-order valence-corrected chi connectivity index (χ2v) is 6.42. The van der Waals surface area contributed by atoms with E-state index in [0.29, 0.717) is 0 Å². The van der Waals surface area contributed by atoms with E-state index in [1.807, 2.05) is 0 Å². The predicted molar refractivity (Wildman–Crippen MR) is 83.6 cm³/mol. The van der Waals surface area contributed by atoms with Gasteiger partial charge in [-0.15, -0.1) is 0 Å². The normalized spacial score (nSPS) is 17.1. The van der Waals surface area contributed by atoms with Crippen molar-refractivity contribution in [2.75, 3.05) is 11.9 Å². The molecule has 1 nitrogen and oxygen atoms in total. The molecule has 17 heavy (non-hydrogen) atoms. The summed E-state index contributed by atoms with van der Waals surface area (Å²) >= 11 is 2.37. The fourth-order valence-corrected chi connectivity index (χ4v) is 3.36. The molecule has 1 N–H and O–H groups in total. The summed E-state index contributed by atoms with van der Waals surface area (Å²) in [7, 11) is 0. The van der Waals surface area contributed by atoms with Gasteiger partial charge in [0.1, 0.15) is 0 Å². The van der Waals surface area contributed by atoms with Gasteiger partial charge in [-0.1, -0.05) is 32.1 Å². The number of nitrogens with one attached hydrogen (secondary N) is 1. The van der Waals surface area contributed by atoms with Crippen LogP contribution in [0.5, 0.6) is 0 Å². The lowest BCUT2D eigenvalue weighted by atomic mass is 9.87. The third-order valence-corrected chi connectivity index (χ3v) is 4.45. The molecule has 0 unspecified atom stereocenters. The second kappa shape index (κ2) is 6.62. The maximum Gasteiger partial charge on any atom is 0.0370 e. The highest BCUT2D eigenvalue weighted by Gasteiger charge is 2.12. The van der Waals surface area contributed by atoms with Crippen molar-refractivity contribution in [3.63, 3.8) is 0 Å². The quantitative estimate of drug-likeness (QED) is 0.760. The molecule has 0 saturated heterocycles. The van der Waals surface area contributed by atoms with Crippen molar-refractivity contribution in [2.45, 2.75) is 45.4 Å². The second-order valence-electron chi connectivity index (χ2n) is 5.18. The van der Waals surface area contributed by atoms with E-state index in [9.17, 15) is 0 Å². The molecule has 0 spiro atoms. The summed E-state index contributed by atoms with van der Waals surface area (Å²) < 4.78 is 1.32. The molecule has 0 amide bonds. The summed E-state index contributed by atoms with van der Waals surface area (Å²) in [6, 6.07) is 6.62. The van der Waals surface area contributed by atoms with Crippen LogP contribution in [0.4, 0.5) is 5.69 Å². The summed E-state index contributed by atoms with van der Waals surface area (Å²) in [4.78, 5) is 0. The Morgan fingerprint density at radius 3 is 2.71 bits per heavy atom. The monoisotopic (exact) mass is 343 g/mol. The fraction of sp³-hybridized carbons (Fsp3) is 0.600. The summed E-state index contributed by atoms with van der Waals surface area (Å²) in [5, 5.41) is 3.58. The SMILES string of the molecule is Cc1cc(I)ccc1NCCC1CCCCC1. The molecule has 1 aliphatic rings. The van der Waals surface area contributed by atoms with Crippen LogP contribution in [0.25, 0.3) is 0 Å². The Morgan fingerprint density at radius 1 is 1.24 bits per heavy atom. The van der Waals surface area contributed by atoms with Crippen molar-refractivity contribution >= 4 is 28.3 Å². The minimum absolute atomic E-state index is 0.973. The van der Waals surface area contributed by atoms with Crippen molar-refractivity contribution in [3.8, 4) is 0 Å². The molecule has 94 valence electrons. The molecule has 1 aromatic rings. The van der Waals surface area contributed by atoms with Gasteiger partial charge in [-0.3, -0.25) is 0 Å². The zero-order valence-corrected chi connectivity index (χ0v) is 12.8. The van der Waals surface area contributed by atoms with Crippen molar-refractivity contribution in [1.82, 2.24) is 0 Å². The van der Waals surface area contributed by atoms with Gasteiger partial charge in [0.15, 0.2) is 0 Å². The first kappa shape index (κ1) is 13.2. The smallest absolute Gasteiger partial charge is 0.0370 e. The highest BCUT2D eigenvalue weighted by molar-refractivity contribution is 14.1. The number of benzene rings is 1. The van der Waals surface area contributed by atoms with Crippen LogP contribution in [0.2, 0.25) is 0 Å². The minimum atomic E-state index is 0.973. The van der Waals surface area contributed by atoms with Crippen molar-refractivity contribution < 1.29 is 0 Å². The summed E-state index contributed by atoms with van der Waals surface area (Å²) in [5.74, 6) is 0.973. The van der Waals surface area contributed by atoms with Crippen LogP contribution in [0.3, 0.4) is 0 Å². The van der Waals surface area contributed by atoms with Gasteiger partial charge in [0.25, 0.3) is 0 Å². The van der Waals surface area contributed by atoms with E-state index in [1.165, 1.54) is 53.3 Å². The molecule has 0 heterocycles. The van der Waals surface area contributed by atoms with Gasteiger partial charge in [0, 0.05) is 15.8 Å². The van der Waals surface area contributed by atoms with Gasteiger partial charge in [-0.2, -0.15) is 0 Å². The molecule has 0 aromatic heterocycles. The Hall–Kier alpha value is -0.250. The fourth-order valence-electron chi connectivity index (χ4n) is 2.71. The van der Waals surface area contributed by atoms with E-state index in [2.05, 4.69) is 53.0 Å². The number of anilines is 1. The standard InChI is InChI=1S/C15H22IN/c1-12-11-14(16)7-8-15(12)17-10-9-13-5-3-2-4-6-13/h7-8,11,13,17H,2-6,9-10H2,1H3. The van der Waals surface area contributed by atoms with Crippen molar-refractivity contribution in [1.29, 1.82) is 0 Å². The number of aryl methyl sites for hydroxylation is 1. The number of hydrogen-bond acceptors (Lipinski definition) is 1.